The highest BCUT2D eigenvalue weighted by Crippen LogP contribution is 2.30. The van der Waals surface area contributed by atoms with E-state index in [1.54, 1.807) is 18.3 Å². The number of benzene rings is 2. The molecule has 1 heterocycles. The van der Waals surface area contributed by atoms with Crippen LogP contribution in [0.3, 0.4) is 0 Å². The Kier molecular flexibility index (Phi) is 4.40. The quantitative estimate of drug-likeness (QED) is 0.617. The molecule has 0 saturated carbocycles. The predicted molar refractivity (Wildman–Crippen MR) is 99.9 cm³/mol. The number of sulfonamides is 1. The van der Waals surface area contributed by atoms with Crippen LogP contribution in [0.25, 0.3) is 15.7 Å². The summed E-state index contributed by atoms with van der Waals surface area (Å²) in [6.07, 6.45) is 1.55. The number of aromatic nitrogens is 1. The van der Waals surface area contributed by atoms with E-state index in [9.17, 15) is 13.2 Å². The molecule has 0 unspecified atom stereocenters. The molecule has 132 valence electrons. The van der Waals surface area contributed by atoms with E-state index in [-0.39, 0.29) is 16.5 Å². The normalized spacial score (nSPS) is 11.1. The van der Waals surface area contributed by atoms with Crippen LogP contribution in [-0.4, -0.2) is 26.4 Å². The van der Waals surface area contributed by atoms with Gasteiger partial charge < -0.3 is 10.3 Å². The van der Waals surface area contributed by atoms with Crippen molar-refractivity contribution in [2.24, 2.45) is 0 Å². The molecule has 8 heteroatoms. The van der Waals surface area contributed by atoms with Crippen LogP contribution in [0.5, 0.6) is 0 Å². The number of fused-ring (bicyclic) bond motifs is 1. The lowest BCUT2D eigenvalue weighted by Crippen LogP contribution is -2.17. The summed E-state index contributed by atoms with van der Waals surface area (Å²) >= 11 is 0. The van der Waals surface area contributed by atoms with E-state index < -0.39 is 10.0 Å². The van der Waals surface area contributed by atoms with Crippen LogP contribution in [0.1, 0.15) is 15.9 Å². The van der Waals surface area contributed by atoms with Crippen molar-refractivity contribution in [1.29, 1.82) is 0 Å². The summed E-state index contributed by atoms with van der Waals surface area (Å²) in [5, 5.41) is 3.22. The summed E-state index contributed by atoms with van der Waals surface area (Å²) in [4.78, 5) is 18.3. The summed E-state index contributed by atoms with van der Waals surface area (Å²) in [6, 6.07) is 9.17. The van der Waals surface area contributed by atoms with Gasteiger partial charge in [-0.1, -0.05) is 18.2 Å². The molecule has 0 aliphatic heterocycles. The first-order chi connectivity index (χ1) is 12.4. The van der Waals surface area contributed by atoms with Crippen molar-refractivity contribution in [2.75, 3.05) is 11.8 Å². The van der Waals surface area contributed by atoms with Gasteiger partial charge in [-0.05, 0) is 30.7 Å². The van der Waals surface area contributed by atoms with E-state index in [1.165, 1.54) is 31.3 Å². The van der Waals surface area contributed by atoms with Crippen molar-refractivity contribution in [3.8, 4) is 0 Å². The van der Waals surface area contributed by atoms with Crippen LogP contribution in [0.4, 0.5) is 11.4 Å². The van der Waals surface area contributed by atoms with Crippen molar-refractivity contribution in [2.45, 2.75) is 11.8 Å². The molecule has 3 N–H and O–H groups in total. The Hall–Kier alpha value is -3.31. The number of carbonyl (C=O) groups is 1. The maximum atomic E-state index is 12.7. The Morgan fingerprint density at radius 1 is 1.23 bits per heavy atom. The number of hydrogen-bond donors (Lipinski definition) is 3. The van der Waals surface area contributed by atoms with Gasteiger partial charge in [-0.15, -0.1) is 0 Å². The SMILES string of the molecule is [C-]#[N+]c1cccc(S(=O)(=O)Nc2ccc(C)c3c(C(=O)NC)c[nH]c23)c1. The molecular weight excluding hydrogens is 352 g/mol. The van der Waals surface area contributed by atoms with Crippen molar-refractivity contribution in [3.63, 3.8) is 0 Å². The molecule has 1 aromatic heterocycles. The fourth-order valence-corrected chi connectivity index (χ4v) is 3.85. The third kappa shape index (κ3) is 3.00. The monoisotopic (exact) mass is 368 g/mol. The van der Waals surface area contributed by atoms with E-state index >= 15 is 0 Å². The molecule has 0 saturated heterocycles. The van der Waals surface area contributed by atoms with E-state index in [0.29, 0.717) is 22.2 Å². The Labute approximate surface area is 150 Å². The largest absolute Gasteiger partial charge is 0.359 e. The predicted octanol–water partition coefficient (Wildman–Crippen LogP) is 3.19. The molecule has 26 heavy (non-hydrogen) atoms. The van der Waals surface area contributed by atoms with Gasteiger partial charge in [0.25, 0.3) is 15.9 Å². The van der Waals surface area contributed by atoms with Crippen LogP contribution in [0.15, 0.2) is 47.5 Å². The second-order valence-corrected chi connectivity index (χ2v) is 7.36. The Morgan fingerprint density at radius 2 is 2.00 bits per heavy atom. The van der Waals surface area contributed by atoms with Crippen LogP contribution in [0.2, 0.25) is 0 Å². The Morgan fingerprint density at radius 3 is 2.69 bits per heavy atom. The maximum absolute atomic E-state index is 12.7. The molecule has 0 atom stereocenters. The van der Waals surface area contributed by atoms with Gasteiger partial charge >= 0.3 is 0 Å². The second kappa shape index (κ2) is 6.54. The first-order valence-corrected chi connectivity index (χ1v) is 9.19. The summed E-state index contributed by atoms with van der Waals surface area (Å²) < 4.78 is 27.9. The molecule has 3 rings (SSSR count). The zero-order valence-corrected chi connectivity index (χ0v) is 14.9. The number of rotatable bonds is 4. The smallest absolute Gasteiger partial charge is 0.260 e. The van der Waals surface area contributed by atoms with Gasteiger partial charge in [-0.2, -0.15) is 0 Å². The van der Waals surface area contributed by atoms with Gasteiger partial charge in [0, 0.05) is 18.6 Å². The Balaban J connectivity index is 2.09. The van der Waals surface area contributed by atoms with Gasteiger partial charge in [-0.25, -0.2) is 13.3 Å². The van der Waals surface area contributed by atoms with Gasteiger partial charge in [0.2, 0.25) is 0 Å². The van der Waals surface area contributed by atoms with Crippen LogP contribution >= 0.6 is 0 Å². The first kappa shape index (κ1) is 17.5. The van der Waals surface area contributed by atoms with Crippen molar-refractivity contribution >= 4 is 38.2 Å². The van der Waals surface area contributed by atoms with Crippen molar-refractivity contribution < 1.29 is 13.2 Å². The minimum Gasteiger partial charge on any atom is -0.359 e. The zero-order valence-electron chi connectivity index (χ0n) is 14.1. The van der Waals surface area contributed by atoms with E-state index in [0.717, 1.165) is 5.56 Å². The maximum Gasteiger partial charge on any atom is 0.260 e. The molecule has 0 fully saturated rings. The van der Waals surface area contributed by atoms with Gasteiger partial charge in [0.1, 0.15) is 0 Å². The summed E-state index contributed by atoms with van der Waals surface area (Å²) in [5.41, 5.74) is 2.38. The fraction of sp³-hybridized carbons (Fsp3) is 0.111. The molecule has 2 aromatic carbocycles. The van der Waals surface area contributed by atoms with E-state index in [2.05, 4.69) is 19.9 Å². The molecule has 7 nitrogen and oxygen atoms in total. The molecule has 0 aliphatic carbocycles. The minimum absolute atomic E-state index is 0.00203. The number of anilines is 1. The summed E-state index contributed by atoms with van der Waals surface area (Å²) in [7, 11) is -2.35. The highest BCUT2D eigenvalue weighted by molar-refractivity contribution is 7.92. The highest BCUT2D eigenvalue weighted by atomic mass is 32.2. The van der Waals surface area contributed by atoms with Gasteiger partial charge in [0.05, 0.1) is 28.2 Å². The standard InChI is InChI=1S/C18H16N4O3S/c1-11-7-8-15(17-16(11)14(10-21-17)18(23)20-3)22-26(24,25)13-6-4-5-12(9-13)19-2/h4-10,21-22H,1,3H3,(H,20,23). The molecular formula is C18H16N4O3S. The number of carbonyl (C=O) groups excluding carboxylic acids is 1. The van der Waals surface area contributed by atoms with Crippen molar-refractivity contribution in [3.05, 3.63) is 65.1 Å². The van der Waals surface area contributed by atoms with Gasteiger partial charge in [0.15, 0.2) is 5.69 Å². The number of amides is 1. The van der Waals surface area contributed by atoms with Crippen LogP contribution < -0.4 is 10.0 Å². The van der Waals surface area contributed by atoms with Crippen LogP contribution in [0, 0.1) is 13.5 Å². The number of aromatic amines is 1. The number of hydrogen-bond acceptors (Lipinski definition) is 3. The first-order valence-electron chi connectivity index (χ1n) is 7.70. The number of H-pyrrole nitrogens is 1. The molecule has 0 aliphatic rings. The van der Waals surface area contributed by atoms with Crippen molar-refractivity contribution in [1.82, 2.24) is 10.3 Å². The fourth-order valence-electron chi connectivity index (χ4n) is 2.74. The lowest BCUT2D eigenvalue weighted by atomic mass is 10.1. The van der Waals surface area contributed by atoms with Crippen LogP contribution in [-0.2, 0) is 10.0 Å². The minimum atomic E-state index is -3.88. The highest BCUT2D eigenvalue weighted by Gasteiger charge is 2.19. The van der Waals surface area contributed by atoms with E-state index in [4.69, 9.17) is 6.57 Å². The summed E-state index contributed by atoms with van der Waals surface area (Å²) in [5.74, 6) is -0.260. The lowest BCUT2D eigenvalue weighted by molar-refractivity contribution is 0.0964. The number of aryl methyl sites for hydroxylation is 1. The average Bonchev–Trinajstić information content (AvgIpc) is 3.09. The molecule has 3 aromatic rings. The molecule has 0 radical (unpaired) electrons. The Bertz CT molecular complexity index is 1160. The molecule has 0 bridgehead atoms. The third-order valence-electron chi connectivity index (χ3n) is 4.02. The average molecular weight is 368 g/mol. The second-order valence-electron chi connectivity index (χ2n) is 5.68. The van der Waals surface area contributed by atoms with E-state index in [1.807, 2.05) is 6.92 Å². The topological polar surface area (TPSA) is 95.4 Å². The lowest BCUT2D eigenvalue weighted by Gasteiger charge is -2.11. The zero-order chi connectivity index (χ0) is 18.9. The summed E-state index contributed by atoms with van der Waals surface area (Å²) in [6.45, 7) is 8.87. The van der Waals surface area contributed by atoms with Gasteiger partial charge in [-0.3, -0.25) is 9.52 Å². The number of nitrogens with zero attached hydrogens (tertiary/aromatic N) is 1. The third-order valence-corrected chi connectivity index (χ3v) is 5.38. The molecule has 0 spiro atoms. The molecule has 1 amide bonds. The number of nitrogens with one attached hydrogen (secondary N) is 3.